The standard InChI is InChI=1S/C22H34N2O/c1-4-6-8-9-10-11-19-13-15-20(16-14-19)17-24-22(25)21(18(3)23)12-7-5-2/h7,12-16H,4-6,8-11,17,23H2,1-3H3,(H,24,25)/b12-7-,21-18-. The number of aryl methyl sites for hydroxylation is 1. The second-order valence-electron chi connectivity index (χ2n) is 6.57. The van der Waals surface area contributed by atoms with Crippen molar-refractivity contribution in [2.75, 3.05) is 0 Å². The number of allylic oxidation sites excluding steroid dienone is 2. The molecule has 0 aliphatic carbocycles. The normalized spacial score (nSPS) is 12.3. The highest BCUT2D eigenvalue weighted by atomic mass is 16.1. The van der Waals surface area contributed by atoms with Gasteiger partial charge in [0.25, 0.3) is 5.91 Å². The first kappa shape index (κ1) is 21.0. The van der Waals surface area contributed by atoms with Crippen molar-refractivity contribution in [3.05, 3.63) is 58.8 Å². The Hall–Kier alpha value is -2.03. The zero-order chi connectivity index (χ0) is 18.5. The summed E-state index contributed by atoms with van der Waals surface area (Å²) >= 11 is 0. The molecule has 0 atom stereocenters. The zero-order valence-corrected chi connectivity index (χ0v) is 16.1. The summed E-state index contributed by atoms with van der Waals surface area (Å²) in [7, 11) is 0. The minimum atomic E-state index is -0.121. The van der Waals surface area contributed by atoms with E-state index >= 15 is 0 Å². The Morgan fingerprint density at radius 2 is 1.68 bits per heavy atom. The third-order valence-corrected chi connectivity index (χ3v) is 4.23. The molecule has 0 fully saturated rings. The number of hydrogen-bond acceptors (Lipinski definition) is 2. The van der Waals surface area contributed by atoms with E-state index in [-0.39, 0.29) is 5.91 Å². The zero-order valence-electron chi connectivity index (χ0n) is 16.1. The molecule has 0 aliphatic heterocycles. The molecule has 0 radical (unpaired) electrons. The van der Waals surface area contributed by atoms with Crippen molar-refractivity contribution >= 4 is 5.91 Å². The van der Waals surface area contributed by atoms with Gasteiger partial charge in [-0.05, 0) is 37.3 Å². The molecular formula is C22H34N2O. The fraction of sp³-hybridized carbons (Fsp3) is 0.500. The number of carbonyl (C=O) groups is 1. The van der Waals surface area contributed by atoms with E-state index in [9.17, 15) is 4.79 Å². The van der Waals surface area contributed by atoms with Crippen molar-refractivity contribution in [3.63, 3.8) is 0 Å². The summed E-state index contributed by atoms with van der Waals surface area (Å²) < 4.78 is 0. The van der Waals surface area contributed by atoms with Crippen LogP contribution in [0.4, 0.5) is 0 Å². The number of benzene rings is 1. The molecule has 0 aliphatic rings. The van der Waals surface area contributed by atoms with Crippen LogP contribution in [0.2, 0.25) is 0 Å². The molecule has 1 rings (SSSR count). The smallest absolute Gasteiger partial charge is 0.253 e. The summed E-state index contributed by atoms with van der Waals surface area (Å²) in [5, 5.41) is 2.95. The molecule has 1 aromatic rings. The fourth-order valence-electron chi connectivity index (χ4n) is 2.66. The van der Waals surface area contributed by atoms with Crippen LogP contribution in [0.25, 0.3) is 0 Å². The third kappa shape index (κ3) is 8.57. The number of nitrogens with one attached hydrogen (secondary N) is 1. The Kier molecular flexibility index (Phi) is 10.4. The first-order valence-electron chi connectivity index (χ1n) is 9.57. The average Bonchev–Trinajstić information content (AvgIpc) is 2.61. The van der Waals surface area contributed by atoms with E-state index in [2.05, 4.69) is 36.5 Å². The number of unbranched alkanes of at least 4 members (excludes halogenated alkanes) is 4. The molecule has 0 saturated carbocycles. The maximum absolute atomic E-state index is 12.3. The Bertz CT molecular complexity index is 566. The van der Waals surface area contributed by atoms with Crippen LogP contribution in [0.5, 0.6) is 0 Å². The molecule has 1 aromatic carbocycles. The van der Waals surface area contributed by atoms with E-state index in [4.69, 9.17) is 5.73 Å². The van der Waals surface area contributed by atoms with Crippen LogP contribution in [-0.2, 0) is 17.8 Å². The van der Waals surface area contributed by atoms with Crippen LogP contribution in [0.15, 0.2) is 47.7 Å². The van der Waals surface area contributed by atoms with Crippen LogP contribution in [0, 0.1) is 0 Å². The second kappa shape index (κ2) is 12.3. The summed E-state index contributed by atoms with van der Waals surface area (Å²) in [5.74, 6) is -0.121. The van der Waals surface area contributed by atoms with Crippen LogP contribution < -0.4 is 11.1 Å². The second-order valence-corrected chi connectivity index (χ2v) is 6.57. The predicted octanol–water partition coefficient (Wildman–Crippen LogP) is 5.01. The van der Waals surface area contributed by atoms with Gasteiger partial charge in [-0.25, -0.2) is 0 Å². The topological polar surface area (TPSA) is 55.1 Å². The lowest BCUT2D eigenvalue weighted by molar-refractivity contribution is -0.117. The van der Waals surface area contributed by atoms with Gasteiger partial charge in [0.05, 0.1) is 5.57 Å². The molecule has 3 N–H and O–H groups in total. The Labute approximate surface area is 153 Å². The molecule has 25 heavy (non-hydrogen) atoms. The van der Waals surface area contributed by atoms with E-state index < -0.39 is 0 Å². The number of carbonyl (C=O) groups excluding carboxylic acids is 1. The summed E-state index contributed by atoms with van der Waals surface area (Å²) in [6.07, 6.45) is 12.3. The highest BCUT2D eigenvalue weighted by Gasteiger charge is 2.08. The molecule has 138 valence electrons. The Balaban J connectivity index is 2.46. The molecule has 0 saturated heterocycles. The first-order chi connectivity index (χ1) is 12.1. The van der Waals surface area contributed by atoms with Gasteiger partial charge < -0.3 is 11.1 Å². The SMILES string of the molecule is CC/C=C\C(C(=O)NCc1ccc(CCCCCCC)cc1)=C(/C)N. The van der Waals surface area contributed by atoms with E-state index in [1.165, 1.54) is 37.7 Å². The van der Waals surface area contributed by atoms with Crippen LogP contribution in [0.3, 0.4) is 0 Å². The molecule has 3 nitrogen and oxygen atoms in total. The number of amides is 1. The monoisotopic (exact) mass is 342 g/mol. The van der Waals surface area contributed by atoms with Gasteiger partial charge >= 0.3 is 0 Å². The number of rotatable bonds is 11. The minimum Gasteiger partial charge on any atom is -0.402 e. The highest BCUT2D eigenvalue weighted by Crippen LogP contribution is 2.11. The molecule has 1 amide bonds. The van der Waals surface area contributed by atoms with Crippen molar-refractivity contribution < 1.29 is 4.79 Å². The summed E-state index contributed by atoms with van der Waals surface area (Å²) in [6.45, 7) is 6.55. The lowest BCUT2D eigenvalue weighted by Crippen LogP contribution is -2.25. The van der Waals surface area contributed by atoms with Gasteiger partial charge in [0.2, 0.25) is 0 Å². The highest BCUT2D eigenvalue weighted by molar-refractivity contribution is 5.96. The predicted molar refractivity (Wildman–Crippen MR) is 107 cm³/mol. The van der Waals surface area contributed by atoms with Crippen molar-refractivity contribution in [1.82, 2.24) is 5.32 Å². The van der Waals surface area contributed by atoms with Crippen LogP contribution >= 0.6 is 0 Å². The van der Waals surface area contributed by atoms with Gasteiger partial charge in [0.15, 0.2) is 0 Å². The van der Waals surface area contributed by atoms with Crippen LogP contribution in [-0.4, -0.2) is 5.91 Å². The molecule has 0 bridgehead atoms. The maximum Gasteiger partial charge on any atom is 0.253 e. The van der Waals surface area contributed by atoms with Gasteiger partial charge in [-0.2, -0.15) is 0 Å². The van der Waals surface area contributed by atoms with Gasteiger partial charge in [0, 0.05) is 12.2 Å². The molecule has 0 heterocycles. The van der Waals surface area contributed by atoms with Gasteiger partial charge in [-0.15, -0.1) is 0 Å². The lowest BCUT2D eigenvalue weighted by Gasteiger charge is -2.09. The third-order valence-electron chi connectivity index (χ3n) is 4.23. The van der Waals surface area contributed by atoms with Crippen molar-refractivity contribution in [1.29, 1.82) is 0 Å². The maximum atomic E-state index is 12.3. The average molecular weight is 343 g/mol. The molecule has 0 aromatic heterocycles. The van der Waals surface area contributed by atoms with E-state index in [0.717, 1.165) is 18.4 Å². The quantitative estimate of drug-likeness (QED) is 0.337. The molecule has 3 heteroatoms. The number of nitrogens with two attached hydrogens (primary N) is 1. The van der Waals surface area contributed by atoms with E-state index in [1.807, 2.05) is 13.0 Å². The largest absolute Gasteiger partial charge is 0.402 e. The Morgan fingerprint density at radius 3 is 2.28 bits per heavy atom. The molecule has 0 unspecified atom stereocenters. The van der Waals surface area contributed by atoms with Crippen molar-refractivity contribution in [2.45, 2.75) is 72.3 Å². The first-order valence-corrected chi connectivity index (χ1v) is 9.57. The molecular weight excluding hydrogens is 308 g/mol. The molecule has 0 spiro atoms. The van der Waals surface area contributed by atoms with Gasteiger partial charge in [-0.3, -0.25) is 4.79 Å². The van der Waals surface area contributed by atoms with Crippen LogP contribution in [0.1, 0.15) is 70.4 Å². The minimum absolute atomic E-state index is 0.121. The summed E-state index contributed by atoms with van der Waals surface area (Å²) in [4.78, 5) is 12.3. The van der Waals surface area contributed by atoms with Crippen molar-refractivity contribution in [2.24, 2.45) is 5.73 Å². The fourth-order valence-corrected chi connectivity index (χ4v) is 2.66. The lowest BCUT2D eigenvalue weighted by atomic mass is 10.0. The summed E-state index contributed by atoms with van der Waals surface area (Å²) in [6, 6.07) is 8.54. The van der Waals surface area contributed by atoms with E-state index in [1.54, 1.807) is 13.0 Å². The van der Waals surface area contributed by atoms with Crippen molar-refractivity contribution in [3.8, 4) is 0 Å². The van der Waals surface area contributed by atoms with Gasteiger partial charge in [0.1, 0.15) is 0 Å². The number of hydrogen-bond donors (Lipinski definition) is 2. The van der Waals surface area contributed by atoms with Gasteiger partial charge in [-0.1, -0.05) is 75.9 Å². The summed E-state index contributed by atoms with van der Waals surface area (Å²) in [5.41, 5.74) is 9.38. The Morgan fingerprint density at radius 1 is 1.04 bits per heavy atom. The van der Waals surface area contributed by atoms with E-state index in [0.29, 0.717) is 17.8 Å².